The van der Waals surface area contributed by atoms with Crippen LogP contribution >= 0.6 is 11.8 Å². The van der Waals surface area contributed by atoms with Gasteiger partial charge < -0.3 is 10.1 Å². The van der Waals surface area contributed by atoms with Crippen molar-refractivity contribution in [2.24, 2.45) is 0 Å². The van der Waals surface area contributed by atoms with Crippen LogP contribution in [0.1, 0.15) is 25.5 Å². The lowest BCUT2D eigenvalue weighted by Crippen LogP contribution is -2.33. The Morgan fingerprint density at radius 2 is 1.79 bits per heavy atom. The first-order valence-corrected chi connectivity index (χ1v) is 8.12. The van der Waals surface area contributed by atoms with E-state index >= 15 is 0 Å². The second-order valence-electron chi connectivity index (χ2n) is 4.97. The average Bonchev–Trinajstić information content (AvgIpc) is 2.55. The van der Waals surface area contributed by atoms with Gasteiger partial charge in [-0.2, -0.15) is 8.78 Å². The van der Waals surface area contributed by atoms with E-state index in [4.69, 9.17) is 0 Å². The zero-order valence-corrected chi connectivity index (χ0v) is 14.0. The van der Waals surface area contributed by atoms with Gasteiger partial charge >= 0.3 is 6.61 Å². The number of ether oxygens (including phenoxy) is 1. The number of nitrogens with one attached hydrogen (secondary N) is 1. The number of rotatable bonds is 7. The van der Waals surface area contributed by atoms with Crippen LogP contribution in [0, 0.1) is 0 Å². The SMILES string of the molecule is C[C@H](Sc1ncccn1)C(=O)N[C@H](C)c1ccc(OC(F)F)cc1. The zero-order chi connectivity index (χ0) is 17.5. The fourth-order valence-corrected chi connectivity index (χ4v) is 2.64. The Balaban J connectivity index is 1.90. The maximum Gasteiger partial charge on any atom is 0.387 e. The predicted octanol–water partition coefficient (Wildman–Crippen LogP) is 3.44. The van der Waals surface area contributed by atoms with Gasteiger partial charge in [0.1, 0.15) is 5.75 Å². The van der Waals surface area contributed by atoms with Crippen LogP contribution in [0.4, 0.5) is 8.78 Å². The summed E-state index contributed by atoms with van der Waals surface area (Å²) >= 11 is 1.26. The summed E-state index contributed by atoms with van der Waals surface area (Å²) in [5.74, 6) is -0.0784. The lowest BCUT2D eigenvalue weighted by Gasteiger charge is -2.17. The third-order valence-corrected chi connectivity index (χ3v) is 4.15. The summed E-state index contributed by atoms with van der Waals surface area (Å²) in [5.41, 5.74) is 0.790. The smallest absolute Gasteiger partial charge is 0.387 e. The Kier molecular flexibility index (Phi) is 6.48. The Labute approximate surface area is 142 Å². The molecule has 2 aromatic rings. The molecular weight excluding hydrogens is 336 g/mol. The Morgan fingerprint density at radius 1 is 1.17 bits per heavy atom. The maximum atomic E-state index is 12.2. The highest BCUT2D eigenvalue weighted by atomic mass is 32.2. The average molecular weight is 353 g/mol. The molecule has 1 aromatic carbocycles. The predicted molar refractivity (Wildman–Crippen MR) is 87.0 cm³/mol. The van der Waals surface area contributed by atoms with Gasteiger partial charge in [0.25, 0.3) is 0 Å². The van der Waals surface area contributed by atoms with E-state index in [-0.39, 0.29) is 22.9 Å². The fraction of sp³-hybridized carbons (Fsp3) is 0.312. The molecule has 0 aliphatic carbocycles. The molecule has 0 unspecified atom stereocenters. The van der Waals surface area contributed by atoms with E-state index in [1.165, 1.54) is 23.9 Å². The molecule has 1 amide bonds. The molecule has 2 atom stereocenters. The van der Waals surface area contributed by atoms with Gasteiger partial charge in [-0.25, -0.2) is 9.97 Å². The summed E-state index contributed by atoms with van der Waals surface area (Å²) in [6, 6.07) is 7.61. The number of halogens is 2. The molecule has 1 heterocycles. The summed E-state index contributed by atoms with van der Waals surface area (Å²) in [6.45, 7) is 0.728. The fourth-order valence-electron chi connectivity index (χ4n) is 1.91. The molecule has 0 aliphatic heterocycles. The van der Waals surface area contributed by atoms with E-state index in [2.05, 4.69) is 20.0 Å². The highest BCUT2D eigenvalue weighted by Crippen LogP contribution is 2.22. The number of hydrogen-bond acceptors (Lipinski definition) is 5. The minimum absolute atomic E-state index is 0.0810. The zero-order valence-electron chi connectivity index (χ0n) is 13.1. The van der Waals surface area contributed by atoms with Crippen molar-refractivity contribution in [3.63, 3.8) is 0 Å². The normalized spacial score (nSPS) is 13.4. The number of alkyl halides is 2. The lowest BCUT2D eigenvalue weighted by atomic mass is 10.1. The number of aromatic nitrogens is 2. The van der Waals surface area contributed by atoms with Gasteiger partial charge in [0.05, 0.1) is 11.3 Å². The molecule has 0 saturated heterocycles. The lowest BCUT2D eigenvalue weighted by molar-refractivity contribution is -0.120. The van der Waals surface area contributed by atoms with Crippen molar-refractivity contribution >= 4 is 17.7 Å². The van der Waals surface area contributed by atoms with Crippen LogP contribution in [0.25, 0.3) is 0 Å². The maximum absolute atomic E-state index is 12.2. The van der Waals surface area contributed by atoms with Crippen molar-refractivity contribution in [2.75, 3.05) is 0 Å². The minimum Gasteiger partial charge on any atom is -0.435 e. The molecule has 0 aliphatic rings. The van der Waals surface area contributed by atoms with Gasteiger partial charge in [-0.05, 0) is 37.6 Å². The Hall–Kier alpha value is -2.22. The topological polar surface area (TPSA) is 64.1 Å². The number of thioether (sulfide) groups is 1. The van der Waals surface area contributed by atoms with Crippen molar-refractivity contribution in [3.05, 3.63) is 48.3 Å². The number of carbonyl (C=O) groups excluding carboxylic acids is 1. The molecular formula is C16H17F2N3O2S. The molecule has 0 fully saturated rings. The van der Waals surface area contributed by atoms with E-state index in [0.717, 1.165) is 5.56 Å². The van der Waals surface area contributed by atoms with Crippen molar-refractivity contribution in [3.8, 4) is 5.75 Å². The number of benzene rings is 1. The molecule has 0 radical (unpaired) electrons. The molecule has 0 spiro atoms. The minimum atomic E-state index is -2.86. The molecule has 0 saturated carbocycles. The first-order chi connectivity index (χ1) is 11.5. The van der Waals surface area contributed by atoms with Crippen LogP contribution in [0.2, 0.25) is 0 Å². The third kappa shape index (κ3) is 5.45. The summed E-state index contributed by atoms with van der Waals surface area (Å²) in [4.78, 5) is 20.4. The highest BCUT2D eigenvalue weighted by Gasteiger charge is 2.18. The number of carbonyl (C=O) groups is 1. The van der Waals surface area contributed by atoms with E-state index in [1.54, 1.807) is 37.5 Å². The highest BCUT2D eigenvalue weighted by molar-refractivity contribution is 8.00. The van der Waals surface area contributed by atoms with Gasteiger partial charge in [-0.15, -0.1) is 0 Å². The number of nitrogens with zero attached hydrogens (tertiary/aromatic N) is 2. The molecule has 128 valence electrons. The van der Waals surface area contributed by atoms with Crippen LogP contribution in [-0.4, -0.2) is 27.7 Å². The van der Waals surface area contributed by atoms with Gasteiger partial charge in [-0.1, -0.05) is 23.9 Å². The summed E-state index contributed by atoms with van der Waals surface area (Å²) in [5, 5.41) is 3.04. The van der Waals surface area contributed by atoms with Crippen molar-refractivity contribution in [1.29, 1.82) is 0 Å². The largest absolute Gasteiger partial charge is 0.435 e. The third-order valence-electron chi connectivity index (χ3n) is 3.16. The molecule has 1 aromatic heterocycles. The Morgan fingerprint density at radius 3 is 2.38 bits per heavy atom. The van der Waals surface area contributed by atoms with E-state index in [0.29, 0.717) is 5.16 Å². The van der Waals surface area contributed by atoms with Gasteiger partial charge in [-0.3, -0.25) is 4.79 Å². The Bertz CT molecular complexity index is 656. The van der Waals surface area contributed by atoms with Crippen molar-refractivity contribution < 1.29 is 18.3 Å². The molecule has 0 bridgehead atoms. The molecule has 1 N–H and O–H groups in total. The van der Waals surface area contributed by atoms with E-state index in [1.807, 2.05) is 6.92 Å². The van der Waals surface area contributed by atoms with Crippen LogP contribution < -0.4 is 10.1 Å². The van der Waals surface area contributed by atoms with Gasteiger partial charge in [0, 0.05) is 12.4 Å². The monoisotopic (exact) mass is 353 g/mol. The first kappa shape index (κ1) is 18.1. The number of amides is 1. The summed E-state index contributed by atoms with van der Waals surface area (Å²) < 4.78 is 28.6. The molecule has 8 heteroatoms. The molecule has 5 nitrogen and oxygen atoms in total. The van der Waals surface area contributed by atoms with Gasteiger partial charge in [0.15, 0.2) is 5.16 Å². The summed E-state index contributed by atoms with van der Waals surface area (Å²) in [6.07, 6.45) is 3.23. The van der Waals surface area contributed by atoms with Crippen LogP contribution in [0.5, 0.6) is 5.75 Å². The first-order valence-electron chi connectivity index (χ1n) is 7.24. The van der Waals surface area contributed by atoms with Crippen molar-refractivity contribution in [1.82, 2.24) is 15.3 Å². The van der Waals surface area contributed by atoms with E-state index < -0.39 is 6.61 Å². The second kappa shape index (κ2) is 8.58. The van der Waals surface area contributed by atoms with Crippen LogP contribution in [-0.2, 0) is 4.79 Å². The van der Waals surface area contributed by atoms with Crippen molar-refractivity contribution in [2.45, 2.75) is 36.9 Å². The van der Waals surface area contributed by atoms with E-state index in [9.17, 15) is 13.6 Å². The second-order valence-corrected chi connectivity index (χ2v) is 6.28. The molecule has 2 rings (SSSR count). The van der Waals surface area contributed by atoms with Crippen LogP contribution in [0.3, 0.4) is 0 Å². The standard InChI is InChI=1S/C16H17F2N3O2S/c1-10(12-4-6-13(7-5-12)23-15(17)18)21-14(22)11(2)24-16-19-8-3-9-20-16/h3-11,15H,1-2H3,(H,21,22)/t10-,11+/m1/s1. The van der Waals surface area contributed by atoms with Gasteiger partial charge in [0.2, 0.25) is 5.91 Å². The van der Waals surface area contributed by atoms with Crippen LogP contribution in [0.15, 0.2) is 47.9 Å². The molecule has 24 heavy (non-hydrogen) atoms. The summed E-state index contributed by atoms with van der Waals surface area (Å²) in [7, 11) is 0. The number of hydrogen-bond donors (Lipinski definition) is 1. The quantitative estimate of drug-likeness (QED) is 0.610.